The lowest BCUT2D eigenvalue weighted by atomic mass is 10.2. The Kier molecular flexibility index (Phi) is 3.80. The van der Waals surface area contributed by atoms with Crippen molar-refractivity contribution >= 4 is 0 Å². The van der Waals surface area contributed by atoms with Gasteiger partial charge in [0.05, 0.1) is 0 Å². The average molecular weight is 167 g/mol. The summed E-state index contributed by atoms with van der Waals surface area (Å²) < 4.78 is 0. The molecule has 0 fully saturated rings. The van der Waals surface area contributed by atoms with E-state index >= 15 is 0 Å². The zero-order valence-corrected chi connectivity index (χ0v) is 7.80. The van der Waals surface area contributed by atoms with Crippen LogP contribution in [0.2, 0.25) is 0 Å². The van der Waals surface area contributed by atoms with Crippen LogP contribution < -0.4 is 5.32 Å². The number of aromatic amines is 1. The van der Waals surface area contributed by atoms with Gasteiger partial charge in [0.1, 0.15) is 5.82 Å². The molecule has 0 aliphatic rings. The molecule has 0 saturated carbocycles. The van der Waals surface area contributed by atoms with E-state index < -0.39 is 0 Å². The lowest BCUT2D eigenvalue weighted by Gasteiger charge is -2.09. The van der Waals surface area contributed by atoms with Crippen molar-refractivity contribution in [2.75, 3.05) is 6.54 Å². The maximum atomic E-state index is 4.14. The molecule has 0 saturated heterocycles. The molecule has 0 spiro atoms. The molecule has 2 N–H and O–H groups in total. The molecule has 1 rings (SSSR count). The van der Waals surface area contributed by atoms with Crippen molar-refractivity contribution in [2.24, 2.45) is 0 Å². The first-order chi connectivity index (χ1) is 5.83. The first-order valence-electron chi connectivity index (χ1n) is 4.54. The lowest BCUT2D eigenvalue weighted by Crippen LogP contribution is -2.27. The molecule has 0 aromatic carbocycles. The van der Waals surface area contributed by atoms with Crippen LogP contribution in [0.4, 0.5) is 0 Å². The minimum Gasteiger partial charge on any atom is -0.349 e. The number of aromatic nitrogens is 2. The summed E-state index contributed by atoms with van der Waals surface area (Å²) in [5.41, 5.74) is 0. The maximum absolute atomic E-state index is 4.14. The van der Waals surface area contributed by atoms with E-state index in [0.717, 1.165) is 18.8 Å². The van der Waals surface area contributed by atoms with Gasteiger partial charge in [0.15, 0.2) is 0 Å². The fourth-order valence-electron chi connectivity index (χ4n) is 1.02. The molecule has 0 aliphatic heterocycles. The van der Waals surface area contributed by atoms with Crippen LogP contribution in [0.15, 0.2) is 12.4 Å². The summed E-state index contributed by atoms with van der Waals surface area (Å²) in [6.45, 7) is 5.38. The lowest BCUT2D eigenvalue weighted by molar-refractivity contribution is 0.533. The summed E-state index contributed by atoms with van der Waals surface area (Å²) in [5.74, 6) is 1.06. The second kappa shape index (κ2) is 4.93. The van der Waals surface area contributed by atoms with Gasteiger partial charge in [0, 0.05) is 31.4 Å². The van der Waals surface area contributed by atoms with Crippen LogP contribution in [0.1, 0.15) is 26.1 Å². The van der Waals surface area contributed by atoms with E-state index in [4.69, 9.17) is 0 Å². The van der Waals surface area contributed by atoms with Crippen molar-refractivity contribution in [1.29, 1.82) is 0 Å². The summed E-state index contributed by atoms with van der Waals surface area (Å²) in [7, 11) is 0. The van der Waals surface area contributed by atoms with Gasteiger partial charge in [-0.3, -0.25) is 0 Å². The monoisotopic (exact) mass is 167 g/mol. The first kappa shape index (κ1) is 9.26. The van der Waals surface area contributed by atoms with Gasteiger partial charge in [-0.15, -0.1) is 0 Å². The molecular weight excluding hydrogens is 150 g/mol. The number of nitrogens with zero attached hydrogens (tertiary/aromatic N) is 1. The second-order valence-electron chi connectivity index (χ2n) is 3.05. The molecule has 0 aliphatic carbocycles. The van der Waals surface area contributed by atoms with Gasteiger partial charge in [-0.05, 0) is 13.3 Å². The normalized spacial score (nSPS) is 13.2. The number of H-pyrrole nitrogens is 1. The smallest absolute Gasteiger partial charge is 0.107 e. The van der Waals surface area contributed by atoms with Crippen LogP contribution in [0.3, 0.4) is 0 Å². The number of rotatable bonds is 5. The van der Waals surface area contributed by atoms with E-state index in [1.807, 2.05) is 6.20 Å². The van der Waals surface area contributed by atoms with Crippen LogP contribution >= 0.6 is 0 Å². The van der Waals surface area contributed by atoms with Gasteiger partial charge in [-0.2, -0.15) is 0 Å². The van der Waals surface area contributed by atoms with Gasteiger partial charge in [0.2, 0.25) is 0 Å². The van der Waals surface area contributed by atoms with E-state index in [9.17, 15) is 0 Å². The van der Waals surface area contributed by atoms with E-state index in [-0.39, 0.29) is 0 Å². The number of imidazole rings is 1. The number of hydrogen-bond donors (Lipinski definition) is 2. The molecule has 12 heavy (non-hydrogen) atoms. The molecule has 3 heteroatoms. The number of nitrogens with one attached hydrogen (secondary N) is 2. The Morgan fingerprint density at radius 1 is 1.67 bits per heavy atom. The quantitative estimate of drug-likeness (QED) is 0.694. The molecule has 1 aromatic rings. The SMILES string of the molecule is CCC(C)NCCc1ncc[nH]1. The average Bonchev–Trinajstić information content (AvgIpc) is 2.57. The van der Waals surface area contributed by atoms with Gasteiger partial charge in [-0.1, -0.05) is 6.92 Å². The Bertz CT molecular complexity index is 194. The summed E-state index contributed by atoms with van der Waals surface area (Å²) in [6, 6.07) is 0.611. The van der Waals surface area contributed by atoms with Crippen molar-refractivity contribution in [3.63, 3.8) is 0 Å². The highest BCUT2D eigenvalue weighted by Gasteiger charge is 1.97. The van der Waals surface area contributed by atoms with Crippen molar-refractivity contribution in [1.82, 2.24) is 15.3 Å². The summed E-state index contributed by atoms with van der Waals surface area (Å²) in [4.78, 5) is 7.22. The Hall–Kier alpha value is -0.830. The van der Waals surface area contributed by atoms with Crippen molar-refractivity contribution < 1.29 is 0 Å². The second-order valence-corrected chi connectivity index (χ2v) is 3.05. The van der Waals surface area contributed by atoms with Gasteiger partial charge >= 0.3 is 0 Å². The Labute approximate surface area is 73.6 Å². The zero-order chi connectivity index (χ0) is 8.81. The van der Waals surface area contributed by atoms with Crippen LogP contribution in [0.5, 0.6) is 0 Å². The zero-order valence-electron chi connectivity index (χ0n) is 7.80. The van der Waals surface area contributed by atoms with Crippen LogP contribution in [-0.4, -0.2) is 22.6 Å². The largest absolute Gasteiger partial charge is 0.349 e. The number of hydrogen-bond acceptors (Lipinski definition) is 2. The molecule has 1 atom stereocenters. The van der Waals surface area contributed by atoms with Gasteiger partial charge in [-0.25, -0.2) is 4.98 Å². The highest BCUT2D eigenvalue weighted by molar-refractivity contribution is 4.87. The Morgan fingerprint density at radius 2 is 2.50 bits per heavy atom. The Morgan fingerprint density at radius 3 is 3.08 bits per heavy atom. The predicted octanol–water partition coefficient (Wildman–Crippen LogP) is 1.34. The highest BCUT2D eigenvalue weighted by atomic mass is 14.9. The summed E-state index contributed by atoms with van der Waals surface area (Å²) in [5, 5.41) is 3.41. The fraction of sp³-hybridized carbons (Fsp3) is 0.667. The minimum absolute atomic E-state index is 0.611. The third-order valence-corrected chi connectivity index (χ3v) is 2.02. The van der Waals surface area contributed by atoms with Crippen molar-refractivity contribution in [3.8, 4) is 0 Å². The molecular formula is C9H17N3. The minimum atomic E-state index is 0.611. The molecule has 68 valence electrons. The predicted molar refractivity (Wildman–Crippen MR) is 50.0 cm³/mol. The maximum Gasteiger partial charge on any atom is 0.107 e. The fourth-order valence-corrected chi connectivity index (χ4v) is 1.02. The molecule has 0 radical (unpaired) electrons. The van der Waals surface area contributed by atoms with Crippen molar-refractivity contribution in [3.05, 3.63) is 18.2 Å². The molecule has 3 nitrogen and oxygen atoms in total. The highest BCUT2D eigenvalue weighted by Crippen LogP contribution is 1.91. The molecule has 0 bridgehead atoms. The van der Waals surface area contributed by atoms with E-state index in [1.165, 1.54) is 6.42 Å². The van der Waals surface area contributed by atoms with E-state index in [0.29, 0.717) is 6.04 Å². The standard InChI is InChI=1S/C9H17N3/c1-3-8(2)10-5-4-9-11-6-7-12-9/h6-8,10H,3-5H2,1-2H3,(H,11,12). The van der Waals surface area contributed by atoms with Gasteiger partial charge < -0.3 is 10.3 Å². The third-order valence-electron chi connectivity index (χ3n) is 2.02. The van der Waals surface area contributed by atoms with Crippen LogP contribution in [0.25, 0.3) is 0 Å². The first-order valence-corrected chi connectivity index (χ1v) is 4.54. The molecule has 1 aromatic heterocycles. The third kappa shape index (κ3) is 3.05. The molecule has 1 heterocycles. The van der Waals surface area contributed by atoms with Crippen LogP contribution in [-0.2, 0) is 6.42 Å². The molecule has 1 unspecified atom stereocenters. The molecule has 0 amide bonds. The summed E-state index contributed by atoms with van der Waals surface area (Å²) >= 11 is 0. The van der Waals surface area contributed by atoms with Gasteiger partial charge in [0.25, 0.3) is 0 Å². The van der Waals surface area contributed by atoms with E-state index in [2.05, 4.69) is 29.1 Å². The van der Waals surface area contributed by atoms with Crippen molar-refractivity contribution in [2.45, 2.75) is 32.7 Å². The van der Waals surface area contributed by atoms with E-state index in [1.54, 1.807) is 6.20 Å². The van der Waals surface area contributed by atoms with Crippen LogP contribution in [0, 0.1) is 0 Å². The Balaban J connectivity index is 2.11. The summed E-state index contributed by atoms with van der Waals surface area (Å²) in [6.07, 6.45) is 5.81. The topological polar surface area (TPSA) is 40.7 Å².